The monoisotopic (exact) mass is 344 g/mol. The summed E-state index contributed by atoms with van der Waals surface area (Å²) in [5.41, 5.74) is 1.46. The number of hydrogen-bond acceptors (Lipinski definition) is 4. The number of nitrogens with zero attached hydrogens (tertiary/aromatic N) is 1. The molecule has 1 heterocycles. The zero-order chi connectivity index (χ0) is 17.3. The van der Waals surface area contributed by atoms with Crippen molar-refractivity contribution in [1.82, 2.24) is 5.32 Å². The Morgan fingerprint density at radius 1 is 1.08 bits per heavy atom. The van der Waals surface area contributed by atoms with Crippen LogP contribution in [-0.4, -0.2) is 26.5 Å². The standard InChI is InChI=1S/C17H16N2O4S/c1-19-14-10-6-5-9-13(14)15(20)16(24(19,22)23)17(21)18-11-12-7-3-2-4-8-12/h2-10,20H,11H2,1H3,(H,18,21). The SMILES string of the molecule is CN1c2ccccc2C(O)=C(C(=O)NCc2ccccc2)S1(=O)=O. The smallest absolute Gasteiger partial charge is 0.273 e. The Labute approximate surface area is 140 Å². The van der Waals surface area contributed by atoms with Gasteiger partial charge in [-0.25, -0.2) is 8.42 Å². The Bertz CT molecular complexity index is 921. The number of para-hydroxylation sites is 1. The number of anilines is 1. The summed E-state index contributed by atoms with van der Waals surface area (Å²) >= 11 is 0. The van der Waals surface area contributed by atoms with Crippen LogP contribution in [0.4, 0.5) is 5.69 Å². The van der Waals surface area contributed by atoms with Crippen LogP contribution in [0.25, 0.3) is 5.76 Å². The van der Waals surface area contributed by atoms with Gasteiger partial charge in [0, 0.05) is 19.2 Å². The number of fused-ring (bicyclic) bond motifs is 1. The summed E-state index contributed by atoms with van der Waals surface area (Å²) < 4.78 is 26.2. The summed E-state index contributed by atoms with van der Waals surface area (Å²) in [5, 5.41) is 12.9. The van der Waals surface area contributed by atoms with E-state index in [1.54, 1.807) is 24.3 Å². The second-order valence-electron chi connectivity index (χ2n) is 5.34. The van der Waals surface area contributed by atoms with E-state index in [4.69, 9.17) is 0 Å². The first-order valence-electron chi connectivity index (χ1n) is 7.26. The molecular formula is C17H16N2O4S. The van der Waals surface area contributed by atoms with E-state index in [1.165, 1.54) is 7.05 Å². The number of rotatable bonds is 3. The number of nitrogens with one attached hydrogen (secondary N) is 1. The topological polar surface area (TPSA) is 86.7 Å². The largest absolute Gasteiger partial charge is 0.506 e. The third-order valence-electron chi connectivity index (χ3n) is 3.83. The molecule has 6 nitrogen and oxygen atoms in total. The second-order valence-corrected chi connectivity index (χ2v) is 7.24. The molecule has 0 atom stereocenters. The molecule has 1 aliphatic heterocycles. The fourth-order valence-electron chi connectivity index (χ4n) is 2.54. The van der Waals surface area contributed by atoms with E-state index in [1.807, 2.05) is 30.3 Å². The fourth-order valence-corrected chi connectivity index (χ4v) is 3.90. The van der Waals surface area contributed by atoms with Crippen molar-refractivity contribution in [2.24, 2.45) is 0 Å². The highest BCUT2D eigenvalue weighted by molar-refractivity contribution is 7.97. The molecule has 0 aliphatic carbocycles. The maximum absolute atomic E-state index is 12.6. The third kappa shape index (κ3) is 2.63. The molecule has 7 heteroatoms. The Morgan fingerprint density at radius 3 is 2.42 bits per heavy atom. The van der Waals surface area contributed by atoms with Crippen molar-refractivity contribution in [1.29, 1.82) is 0 Å². The molecule has 124 valence electrons. The van der Waals surface area contributed by atoms with Gasteiger partial charge in [-0.1, -0.05) is 42.5 Å². The van der Waals surface area contributed by atoms with Gasteiger partial charge < -0.3 is 10.4 Å². The number of sulfonamides is 1. The lowest BCUT2D eigenvalue weighted by atomic mass is 10.1. The molecule has 0 radical (unpaired) electrons. The first kappa shape index (κ1) is 16.1. The summed E-state index contributed by atoms with van der Waals surface area (Å²) in [5.74, 6) is -1.37. The summed E-state index contributed by atoms with van der Waals surface area (Å²) in [6, 6.07) is 15.6. The van der Waals surface area contributed by atoms with Crippen molar-refractivity contribution < 1.29 is 18.3 Å². The van der Waals surface area contributed by atoms with Gasteiger partial charge in [-0.05, 0) is 17.7 Å². The molecule has 0 saturated carbocycles. The van der Waals surface area contributed by atoms with Crippen LogP contribution >= 0.6 is 0 Å². The molecule has 0 unspecified atom stereocenters. The molecule has 2 aromatic rings. The van der Waals surface area contributed by atoms with Gasteiger partial charge in [-0.15, -0.1) is 0 Å². The van der Waals surface area contributed by atoms with Crippen molar-refractivity contribution in [3.05, 3.63) is 70.6 Å². The lowest BCUT2D eigenvalue weighted by Gasteiger charge is -2.28. The van der Waals surface area contributed by atoms with E-state index in [0.717, 1.165) is 9.87 Å². The molecule has 2 aromatic carbocycles. The van der Waals surface area contributed by atoms with Crippen LogP contribution in [0, 0.1) is 0 Å². The molecule has 0 aromatic heterocycles. The lowest BCUT2D eigenvalue weighted by molar-refractivity contribution is -0.117. The lowest BCUT2D eigenvalue weighted by Crippen LogP contribution is -2.39. The fraction of sp³-hybridized carbons (Fsp3) is 0.118. The van der Waals surface area contributed by atoms with Gasteiger partial charge in [0.2, 0.25) is 0 Å². The maximum atomic E-state index is 12.6. The van der Waals surface area contributed by atoms with Crippen LogP contribution < -0.4 is 9.62 Å². The predicted molar refractivity (Wildman–Crippen MR) is 91.6 cm³/mol. The van der Waals surface area contributed by atoms with E-state index in [-0.39, 0.29) is 6.54 Å². The van der Waals surface area contributed by atoms with E-state index in [9.17, 15) is 18.3 Å². The van der Waals surface area contributed by atoms with E-state index < -0.39 is 26.6 Å². The van der Waals surface area contributed by atoms with Crippen molar-refractivity contribution in [2.75, 3.05) is 11.4 Å². The molecule has 0 fully saturated rings. The molecule has 1 aliphatic rings. The van der Waals surface area contributed by atoms with Gasteiger partial charge >= 0.3 is 0 Å². The Hall–Kier alpha value is -2.80. The van der Waals surface area contributed by atoms with Crippen LogP contribution in [0.15, 0.2) is 59.5 Å². The summed E-state index contributed by atoms with van der Waals surface area (Å²) in [7, 11) is -2.77. The number of carbonyl (C=O) groups excluding carboxylic acids is 1. The average Bonchev–Trinajstić information content (AvgIpc) is 2.59. The summed E-state index contributed by atoms with van der Waals surface area (Å²) in [4.78, 5) is 11.8. The van der Waals surface area contributed by atoms with E-state index in [0.29, 0.717) is 11.3 Å². The van der Waals surface area contributed by atoms with Crippen molar-refractivity contribution in [2.45, 2.75) is 6.54 Å². The molecule has 24 heavy (non-hydrogen) atoms. The van der Waals surface area contributed by atoms with Gasteiger partial charge in [0.05, 0.1) is 5.69 Å². The minimum Gasteiger partial charge on any atom is -0.506 e. The van der Waals surface area contributed by atoms with Crippen molar-refractivity contribution in [3.8, 4) is 0 Å². The van der Waals surface area contributed by atoms with Gasteiger partial charge in [-0.2, -0.15) is 0 Å². The van der Waals surface area contributed by atoms with E-state index in [2.05, 4.69) is 5.32 Å². The zero-order valence-corrected chi connectivity index (χ0v) is 13.7. The predicted octanol–water partition coefficient (Wildman–Crippen LogP) is 2.01. The molecule has 0 bridgehead atoms. The number of aliphatic hydroxyl groups excluding tert-OH is 1. The van der Waals surface area contributed by atoms with Crippen LogP contribution in [0.2, 0.25) is 0 Å². The first-order valence-corrected chi connectivity index (χ1v) is 8.70. The van der Waals surface area contributed by atoms with Gasteiger partial charge in [0.15, 0.2) is 10.7 Å². The minimum absolute atomic E-state index is 0.164. The van der Waals surface area contributed by atoms with Gasteiger partial charge in [0.25, 0.3) is 15.9 Å². The Morgan fingerprint density at radius 2 is 1.71 bits per heavy atom. The molecule has 1 amide bonds. The highest BCUT2D eigenvalue weighted by Crippen LogP contribution is 2.37. The third-order valence-corrected chi connectivity index (χ3v) is 5.65. The number of hydrogen-bond donors (Lipinski definition) is 2. The number of carbonyl (C=O) groups is 1. The molecule has 0 spiro atoms. The van der Waals surface area contributed by atoms with Gasteiger partial charge in [0.1, 0.15) is 0 Å². The normalized spacial score (nSPS) is 15.8. The van der Waals surface area contributed by atoms with Gasteiger partial charge in [-0.3, -0.25) is 9.10 Å². The Kier molecular flexibility index (Phi) is 4.02. The van der Waals surface area contributed by atoms with Crippen LogP contribution in [0.5, 0.6) is 0 Å². The second kappa shape index (κ2) is 6.01. The minimum atomic E-state index is -4.12. The Balaban J connectivity index is 1.97. The number of aliphatic hydroxyl groups is 1. The molecule has 3 rings (SSSR count). The maximum Gasteiger partial charge on any atom is 0.273 e. The van der Waals surface area contributed by atoms with Crippen molar-refractivity contribution in [3.63, 3.8) is 0 Å². The highest BCUT2D eigenvalue weighted by Gasteiger charge is 2.39. The summed E-state index contributed by atoms with van der Waals surface area (Å²) in [6.45, 7) is 0.164. The van der Waals surface area contributed by atoms with E-state index >= 15 is 0 Å². The molecule has 0 saturated heterocycles. The average molecular weight is 344 g/mol. The first-order chi connectivity index (χ1) is 11.4. The van der Waals surface area contributed by atoms with Crippen LogP contribution in [0.3, 0.4) is 0 Å². The van der Waals surface area contributed by atoms with Crippen LogP contribution in [0.1, 0.15) is 11.1 Å². The number of amides is 1. The highest BCUT2D eigenvalue weighted by atomic mass is 32.2. The summed E-state index contributed by atoms with van der Waals surface area (Å²) in [6.07, 6.45) is 0. The quantitative estimate of drug-likeness (QED) is 0.892. The van der Waals surface area contributed by atoms with Crippen LogP contribution in [-0.2, 0) is 21.4 Å². The molecule has 2 N–H and O–H groups in total. The zero-order valence-electron chi connectivity index (χ0n) is 12.9. The van der Waals surface area contributed by atoms with Crippen molar-refractivity contribution >= 4 is 27.4 Å². The number of benzene rings is 2. The molecular weight excluding hydrogens is 328 g/mol.